The van der Waals surface area contributed by atoms with Gasteiger partial charge in [-0.2, -0.15) is 0 Å². The SMILES string of the molecule is CCCNC(CCN(C)CC)c1ccc(Br)cc1Cl. The molecule has 19 heavy (non-hydrogen) atoms. The van der Waals surface area contributed by atoms with Gasteiger partial charge in [0, 0.05) is 15.5 Å². The van der Waals surface area contributed by atoms with Crippen LogP contribution in [0.5, 0.6) is 0 Å². The van der Waals surface area contributed by atoms with Crippen LogP contribution in [0.4, 0.5) is 0 Å². The molecule has 0 saturated carbocycles. The van der Waals surface area contributed by atoms with E-state index in [2.05, 4.69) is 59.2 Å². The molecule has 0 aliphatic heterocycles. The zero-order chi connectivity index (χ0) is 14.3. The maximum absolute atomic E-state index is 6.37. The van der Waals surface area contributed by atoms with Crippen molar-refractivity contribution in [3.63, 3.8) is 0 Å². The first kappa shape index (κ1) is 17.0. The van der Waals surface area contributed by atoms with E-state index in [1.165, 1.54) is 5.56 Å². The van der Waals surface area contributed by atoms with Gasteiger partial charge in [0.1, 0.15) is 0 Å². The Balaban J connectivity index is 2.76. The van der Waals surface area contributed by atoms with E-state index >= 15 is 0 Å². The quantitative estimate of drug-likeness (QED) is 0.745. The molecule has 0 amide bonds. The fourth-order valence-electron chi connectivity index (χ4n) is 1.98. The number of rotatable bonds is 8. The zero-order valence-electron chi connectivity index (χ0n) is 12.0. The van der Waals surface area contributed by atoms with Crippen molar-refractivity contribution < 1.29 is 0 Å². The van der Waals surface area contributed by atoms with Gasteiger partial charge in [-0.1, -0.05) is 47.4 Å². The number of hydrogen-bond donors (Lipinski definition) is 1. The van der Waals surface area contributed by atoms with E-state index in [-0.39, 0.29) is 0 Å². The molecule has 0 aliphatic rings. The van der Waals surface area contributed by atoms with E-state index in [1.54, 1.807) is 0 Å². The summed E-state index contributed by atoms with van der Waals surface area (Å²) in [5.41, 5.74) is 1.20. The van der Waals surface area contributed by atoms with E-state index in [9.17, 15) is 0 Å². The van der Waals surface area contributed by atoms with Crippen LogP contribution in [-0.2, 0) is 0 Å². The molecule has 1 N–H and O–H groups in total. The first-order chi connectivity index (χ1) is 9.08. The van der Waals surface area contributed by atoms with Gasteiger partial charge in [0.05, 0.1) is 0 Å². The Morgan fingerprint density at radius 2 is 2.11 bits per heavy atom. The standard InChI is InChI=1S/C15H24BrClN2/c1-4-9-18-15(8-10-19(3)5-2)13-7-6-12(16)11-14(13)17/h6-7,11,15,18H,4-5,8-10H2,1-3H3. The molecule has 0 saturated heterocycles. The van der Waals surface area contributed by atoms with Gasteiger partial charge in [-0.15, -0.1) is 0 Å². The maximum Gasteiger partial charge on any atom is 0.0465 e. The maximum atomic E-state index is 6.37. The highest BCUT2D eigenvalue weighted by molar-refractivity contribution is 9.10. The molecule has 1 aromatic carbocycles. The van der Waals surface area contributed by atoms with Crippen LogP contribution in [0, 0.1) is 0 Å². The molecule has 0 aliphatic carbocycles. The minimum Gasteiger partial charge on any atom is -0.310 e. The lowest BCUT2D eigenvalue weighted by Gasteiger charge is -2.23. The third-order valence-electron chi connectivity index (χ3n) is 3.32. The van der Waals surface area contributed by atoms with Crippen molar-refractivity contribution in [3.05, 3.63) is 33.3 Å². The smallest absolute Gasteiger partial charge is 0.0465 e. The van der Waals surface area contributed by atoms with Gasteiger partial charge in [-0.05, 0) is 57.2 Å². The molecule has 1 atom stereocenters. The predicted octanol–water partition coefficient (Wildman–Crippen LogP) is 4.49. The summed E-state index contributed by atoms with van der Waals surface area (Å²) in [5, 5.41) is 4.43. The summed E-state index contributed by atoms with van der Waals surface area (Å²) >= 11 is 9.83. The molecule has 0 fully saturated rings. The summed E-state index contributed by atoms with van der Waals surface area (Å²) in [4.78, 5) is 2.33. The van der Waals surface area contributed by atoms with Crippen molar-refractivity contribution in [1.29, 1.82) is 0 Å². The van der Waals surface area contributed by atoms with E-state index in [4.69, 9.17) is 11.6 Å². The molecule has 0 aromatic heterocycles. The van der Waals surface area contributed by atoms with Gasteiger partial charge < -0.3 is 10.2 Å². The average Bonchev–Trinajstić information content (AvgIpc) is 2.39. The van der Waals surface area contributed by atoms with Crippen LogP contribution in [-0.4, -0.2) is 31.6 Å². The second-order valence-electron chi connectivity index (χ2n) is 4.86. The summed E-state index contributed by atoms with van der Waals surface area (Å²) in [7, 11) is 2.15. The highest BCUT2D eigenvalue weighted by atomic mass is 79.9. The Kier molecular flexibility index (Phi) is 8.00. The molecule has 0 heterocycles. The monoisotopic (exact) mass is 346 g/mol. The van der Waals surface area contributed by atoms with Crippen LogP contribution in [0.1, 0.15) is 38.3 Å². The first-order valence-corrected chi connectivity index (χ1v) is 8.12. The Morgan fingerprint density at radius 1 is 1.37 bits per heavy atom. The second kappa shape index (κ2) is 8.96. The van der Waals surface area contributed by atoms with Gasteiger partial charge in [0.25, 0.3) is 0 Å². The number of halogens is 2. The van der Waals surface area contributed by atoms with Crippen molar-refractivity contribution in [2.45, 2.75) is 32.7 Å². The molecule has 0 bridgehead atoms. The van der Waals surface area contributed by atoms with Gasteiger partial charge in [0.15, 0.2) is 0 Å². The van der Waals surface area contributed by atoms with Crippen LogP contribution in [0.15, 0.2) is 22.7 Å². The van der Waals surface area contributed by atoms with Crippen molar-refractivity contribution in [1.82, 2.24) is 10.2 Å². The minimum atomic E-state index is 0.328. The van der Waals surface area contributed by atoms with Crippen molar-refractivity contribution >= 4 is 27.5 Å². The molecular weight excluding hydrogens is 324 g/mol. The first-order valence-electron chi connectivity index (χ1n) is 6.95. The van der Waals surface area contributed by atoms with Crippen LogP contribution in [0.3, 0.4) is 0 Å². The molecule has 2 nitrogen and oxygen atoms in total. The normalized spacial score (nSPS) is 12.9. The molecule has 0 radical (unpaired) electrons. The third kappa shape index (κ3) is 5.82. The summed E-state index contributed by atoms with van der Waals surface area (Å²) in [6, 6.07) is 6.48. The van der Waals surface area contributed by atoms with E-state index in [0.717, 1.165) is 42.0 Å². The van der Waals surface area contributed by atoms with Crippen LogP contribution >= 0.6 is 27.5 Å². The molecular formula is C15H24BrClN2. The van der Waals surface area contributed by atoms with Crippen LogP contribution in [0.2, 0.25) is 5.02 Å². The zero-order valence-corrected chi connectivity index (χ0v) is 14.4. The highest BCUT2D eigenvalue weighted by Crippen LogP contribution is 2.28. The molecule has 1 rings (SSSR count). The summed E-state index contributed by atoms with van der Waals surface area (Å²) in [6.07, 6.45) is 2.21. The second-order valence-corrected chi connectivity index (χ2v) is 6.18. The van der Waals surface area contributed by atoms with E-state index < -0.39 is 0 Å². The summed E-state index contributed by atoms with van der Waals surface area (Å²) in [6.45, 7) is 7.54. The lowest BCUT2D eigenvalue weighted by molar-refractivity contribution is 0.321. The number of nitrogens with one attached hydrogen (secondary N) is 1. The Bertz CT molecular complexity index is 384. The Hall–Kier alpha value is -0.0900. The Labute approximate surface area is 130 Å². The largest absolute Gasteiger partial charge is 0.310 e. The van der Waals surface area contributed by atoms with Gasteiger partial charge in [-0.3, -0.25) is 0 Å². The Morgan fingerprint density at radius 3 is 2.68 bits per heavy atom. The lowest BCUT2D eigenvalue weighted by atomic mass is 10.0. The topological polar surface area (TPSA) is 15.3 Å². The number of nitrogens with zero attached hydrogens (tertiary/aromatic N) is 1. The molecule has 108 valence electrons. The minimum absolute atomic E-state index is 0.328. The molecule has 1 aromatic rings. The lowest BCUT2D eigenvalue weighted by Crippen LogP contribution is -2.28. The predicted molar refractivity (Wildman–Crippen MR) is 88.0 cm³/mol. The molecule has 0 spiro atoms. The van der Waals surface area contributed by atoms with E-state index in [1.807, 2.05) is 6.07 Å². The fourth-order valence-corrected chi connectivity index (χ4v) is 2.78. The van der Waals surface area contributed by atoms with Gasteiger partial charge >= 0.3 is 0 Å². The fraction of sp³-hybridized carbons (Fsp3) is 0.600. The van der Waals surface area contributed by atoms with Gasteiger partial charge in [0.2, 0.25) is 0 Å². The summed E-state index contributed by atoms with van der Waals surface area (Å²) < 4.78 is 1.03. The molecule has 4 heteroatoms. The van der Waals surface area contributed by atoms with E-state index in [0.29, 0.717) is 6.04 Å². The van der Waals surface area contributed by atoms with Crippen molar-refractivity contribution in [2.24, 2.45) is 0 Å². The number of hydrogen-bond acceptors (Lipinski definition) is 2. The third-order valence-corrected chi connectivity index (χ3v) is 4.14. The highest BCUT2D eigenvalue weighted by Gasteiger charge is 2.14. The van der Waals surface area contributed by atoms with Crippen LogP contribution < -0.4 is 5.32 Å². The average molecular weight is 348 g/mol. The summed E-state index contributed by atoms with van der Waals surface area (Å²) in [5.74, 6) is 0. The van der Waals surface area contributed by atoms with Crippen molar-refractivity contribution in [2.75, 3.05) is 26.7 Å². The molecule has 1 unspecified atom stereocenters. The van der Waals surface area contributed by atoms with Crippen molar-refractivity contribution in [3.8, 4) is 0 Å². The number of benzene rings is 1. The van der Waals surface area contributed by atoms with Crippen LogP contribution in [0.25, 0.3) is 0 Å². The van der Waals surface area contributed by atoms with Gasteiger partial charge in [-0.25, -0.2) is 0 Å².